The maximum Gasteiger partial charge on any atom is 0.354 e. The van der Waals surface area contributed by atoms with Gasteiger partial charge in [-0.15, -0.1) is 0 Å². The topological polar surface area (TPSA) is 75.1 Å². The Morgan fingerprint density at radius 2 is 2.47 bits per heavy atom. The fraction of sp³-hybridized carbons (Fsp3) is 0.500. The van der Waals surface area contributed by atoms with Gasteiger partial charge in [0.05, 0.1) is 0 Å². The number of thioether (sulfide) groups is 2. The zero-order valence-electron chi connectivity index (χ0n) is 9.13. The Bertz CT molecular complexity index is 397. The van der Waals surface area contributed by atoms with Crippen LogP contribution in [-0.2, 0) is 0 Å². The molecule has 0 saturated carbocycles. The number of carboxylic acid groups (broad SMARTS) is 1. The number of carboxylic acids is 1. The minimum atomic E-state index is -1.03. The minimum Gasteiger partial charge on any atom is -0.477 e. The lowest BCUT2D eigenvalue weighted by Crippen LogP contribution is -2.24. The third-order valence-electron chi connectivity index (χ3n) is 2.25. The molecule has 0 amide bonds. The first-order valence-corrected chi connectivity index (χ1v) is 7.45. The van der Waals surface area contributed by atoms with E-state index in [0.29, 0.717) is 11.2 Å². The van der Waals surface area contributed by atoms with Crippen LogP contribution in [0.2, 0.25) is 0 Å². The zero-order chi connectivity index (χ0) is 12.1. The third kappa shape index (κ3) is 3.78. The van der Waals surface area contributed by atoms with E-state index in [0.717, 1.165) is 12.3 Å². The molecule has 0 aliphatic carbocycles. The SMILES string of the molecule is O=C(O)c1ccnc(NCC2CSCCS2)n1. The van der Waals surface area contributed by atoms with Crippen LogP contribution in [0.5, 0.6) is 0 Å². The van der Waals surface area contributed by atoms with Gasteiger partial charge in [0.25, 0.3) is 0 Å². The van der Waals surface area contributed by atoms with Gasteiger partial charge < -0.3 is 10.4 Å². The Labute approximate surface area is 108 Å². The monoisotopic (exact) mass is 271 g/mol. The summed E-state index contributed by atoms with van der Waals surface area (Å²) in [6.45, 7) is 0.779. The smallest absolute Gasteiger partial charge is 0.354 e. The summed E-state index contributed by atoms with van der Waals surface area (Å²) in [6, 6.07) is 1.39. The summed E-state index contributed by atoms with van der Waals surface area (Å²) in [5, 5.41) is 12.4. The van der Waals surface area contributed by atoms with Crippen LogP contribution >= 0.6 is 23.5 Å². The molecule has 92 valence electrons. The van der Waals surface area contributed by atoms with Crippen LogP contribution in [0, 0.1) is 0 Å². The van der Waals surface area contributed by atoms with E-state index in [1.807, 2.05) is 23.5 Å². The molecule has 1 unspecified atom stereocenters. The number of hydrogen-bond acceptors (Lipinski definition) is 6. The summed E-state index contributed by atoms with van der Waals surface area (Å²) in [5.74, 6) is 2.87. The van der Waals surface area contributed by atoms with E-state index < -0.39 is 5.97 Å². The molecule has 1 fully saturated rings. The molecular formula is C10H13N3O2S2. The number of rotatable bonds is 4. The Balaban J connectivity index is 1.89. The number of anilines is 1. The highest BCUT2D eigenvalue weighted by molar-refractivity contribution is 8.06. The van der Waals surface area contributed by atoms with Gasteiger partial charge in [-0.3, -0.25) is 0 Å². The summed E-state index contributed by atoms with van der Waals surface area (Å²) in [7, 11) is 0. The second-order valence-electron chi connectivity index (χ2n) is 3.52. The zero-order valence-corrected chi connectivity index (χ0v) is 10.8. The average Bonchev–Trinajstić information content (AvgIpc) is 2.38. The molecule has 1 aliphatic rings. The highest BCUT2D eigenvalue weighted by Gasteiger charge is 2.14. The van der Waals surface area contributed by atoms with Gasteiger partial charge in [0, 0.05) is 35.3 Å². The second kappa shape index (κ2) is 6.11. The highest BCUT2D eigenvalue weighted by Crippen LogP contribution is 2.23. The Morgan fingerprint density at radius 1 is 1.59 bits per heavy atom. The molecule has 0 aromatic carbocycles. The van der Waals surface area contributed by atoms with Gasteiger partial charge in [-0.1, -0.05) is 0 Å². The van der Waals surface area contributed by atoms with Crippen LogP contribution in [0.15, 0.2) is 12.3 Å². The van der Waals surface area contributed by atoms with E-state index in [1.165, 1.54) is 23.8 Å². The number of hydrogen-bond donors (Lipinski definition) is 2. The molecule has 5 nitrogen and oxygen atoms in total. The molecular weight excluding hydrogens is 258 g/mol. The Hall–Kier alpha value is -0.950. The van der Waals surface area contributed by atoms with Gasteiger partial charge in [-0.05, 0) is 6.07 Å². The quantitative estimate of drug-likeness (QED) is 0.858. The average molecular weight is 271 g/mol. The van der Waals surface area contributed by atoms with Crippen molar-refractivity contribution in [3.8, 4) is 0 Å². The molecule has 1 aliphatic heterocycles. The fourth-order valence-electron chi connectivity index (χ4n) is 1.42. The van der Waals surface area contributed by atoms with E-state index in [1.54, 1.807) is 0 Å². The lowest BCUT2D eigenvalue weighted by molar-refractivity contribution is 0.0690. The predicted octanol–water partition coefficient (Wildman–Crippen LogP) is 1.44. The van der Waals surface area contributed by atoms with Crippen molar-refractivity contribution in [2.24, 2.45) is 0 Å². The van der Waals surface area contributed by atoms with Gasteiger partial charge in [0.1, 0.15) is 0 Å². The van der Waals surface area contributed by atoms with Crippen molar-refractivity contribution in [3.63, 3.8) is 0 Å². The van der Waals surface area contributed by atoms with Gasteiger partial charge in [0.2, 0.25) is 5.95 Å². The number of aromatic nitrogens is 2. The molecule has 2 heterocycles. The van der Waals surface area contributed by atoms with E-state index in [4.69, 9.17) is 5.11 Å². The minimum absolute atomic E-state index is 0.0215. The maximum atomic E-state index is 10.7. The summed E-state index contributed by atoms with van der Waals surface area (Å²) < 4.78 is 0. The van der Waals surface area contributed by atoms with E-state index in [2.05, 4.69) is 15.3 Å². The molecule has 0 radical (unpaired) electrons. The highest BCUT2D eigenvalue weighted by atomic mass is 32.2. The Morgan fingerprint density at radius 3 is 3.18 bits per heavy atom. The van der Waals surface area contributed by atoms with Crippen molar-refractivity contribution in [2.75, 3.05) is 29.1 Å². The summed E-state index contributed by atoms with van der Waals surface area (Å²) in [6.07, 6.45) is 1.46. The second-order valence-corrected chi connectivity index (χ2v) is 6.08. The van der Waals surface area contributed by atoms with Gasteiger partial charge in [-0.25, -0.2) is 14.8 Å². The molecule has 7 heteroatoms. The van der Waals surface area contributed by atoms with E-state index in [-0.39, 0.29) is 5.69 Å². The molecule has 17 heavy (non-hydrogen) atoms. The fourth-order valence-corrected chi connectivity index (χ4v) is 4.03. The molecule has 1 atom stereocenters. The van der Waals surface area contributed by atoms with Crippen molar-refractivity contribution in [1.82, 2.24) is 9.97 Å². The lowest BCUT2D eigenvalue weighted by Gasteiger charge is -2.20. The lowest BCUT2D eigenvalue weighted by atomic mass is 10.4. The van der Waals surface area contributed by atoms with Crippen LogP contribution < -0.4 is 5.32 Å². The maximum absolute atomic E-state index is 10.7. The molecule has 2 N–H and O–H groups in total. The third-order valence-corrected chi connectivity index (χ3v) is 5.09. The number of nitrogens with one attached hydrogen (secondary N) is 1. The van der Waals surface area contributed by atoms with Gasteiger partial charge >= 0.3 is 5.97 Å². The van der Waals surface area contributed by atoms with Crippen LogP contribution in [0.3, 0.4) is 0 Å². The molecule has 1 aromatic rings. The molecule has 0 bridgehead atoms. The van der Waals surface area contributed by atoms with Crippen LogP contribution in [0.25, 0.3) is 0 Å². The first-order valence-electron chi connectivity index (χ1n) is 5.25. The summed E-state index contributed by atoms with van der Waals surface area (Å²) >= 11 is 3.89. The van der Waals surface area contributed by atoms with Gasteiger partial charge in [-0.2, -0.15) is 23.5 Å². The van der Waals surface area contributed by atoms with Crippen LogP contribution in [-0.4, -0.2) is 50.1 Å². The van der Waals surface area contributed by atoms with Crippen molar-refractivity contribution >= 4 is 35.4 Å². The van der Waals surface area contributed by atoms with Crippen molar-refractivity contribution in [2.45, 2.75) is 5.25 Å². The van der Waals surface area contributed by atoms with Crippen molar-refractivity contribution in [3.05, 3.63) is 18.0 Å². The van der Waals surface area contributed by atoms with Crippen molar-refractivity contribution in [1.29, 1.82) is 0 Å². The normalized spacial score (nSPS) is 19.9. The molecule has 2 rings (SSSR count). The van der Waals surface area contributed by atoms with Gasteiger partial charge in [0.15, 0.2) is 5.69 Å². The van der Waals surface area contributed by atoms with Crippen molar-refractivity contribution < 1.29 is 9.90 Å². The summed E-state index contributed by atoms with van der Waals surface area (Å²) in [5.41, 5.74) is 0.0215. The van der Waals surface area contributed by atoms with Crippen LogP contribution in [0.1, 0.15) is 10.5 Å². The van der Waals surface area contributed by atoms with E-state index in [9.17, 15) is 4.79 Å². The number of carbonyl (C=O) groups is 1. The largest absolute Gasteiger partial charge is 0.477 e. The molecule has 1 saturated heterocycles. The Kier molecular flexibility index (Phi) is 4.49. The first kappa shape index (κ1) is 12.5. The first-order chi connectivity index (χ1) is 8.25. The van der Waals surface area contributed by atoms with Crippen LogP contribution in [0.4, 0.5) is 5.95 Å². The molecule has 0 spiro atoms. The number of aromatic carboxylic acids is 1. The molecule has 1 aromatic heterocycles. The summed E-state index contributed by atoms with van der Waals surface area (Å²) in [4.78, 5) is 18.7. The predicted molar refractivity (Wildman–Crippen MR) is 71.1 cm³/mol. The standard InChI is InChI=1S/C10H13N3O2S2/c14-9(15)8-1-2-11-10(13-8)12-5-7-6-16-3-4-17-7/h1-2,7H,3-6H2,(H,14,15)(H,11,12,13). The number of nitrogens with zero attached hydrogens (tertiary/aromatic N) is 2. The van der Waals surface area contributed by atoms with E-state index >= 15 is 0 Å².